The van der Waals surface area contributed by atoms with Gasteiger partial charge in [-0.25, -0.2) is 9.78 Å². The molecule has 2 N–H and O–H groups in total. The molecule has 0 aliphatic carbocycles. The Bertz CT molecular complexity index is 557. The largest absolute Gasteiger partial charge is 0.478 e. The maximum Gasteiger partial charge on any atom is 0.328 e. The summed E-state index contributed by atoms with van der Waals surface area (Å²) in [5.74, 6) is -0.961. The number of aliphatic carboxylic acids is 1. The Morgan fingerprint density at radius 2 is 2.44 bits per heavy atom. The molecule has 0 unspecified atom stereocenters. The zero-order chi connectivity index (χ0) is 11.5. The number of carbonyl (C=O) groups is 1. The van der Waals surface area contributed by atoms with Crippen molar-refractivity contribution in [3.05, 3.63) is 30.1 Å². The fourth-order valence-electron chi connectivity index (χ4n) is 1.59. The Hall–Kier alpha value is -2.17. The number of hydrogen-bond acceptors (Lipinski definition) is 3. The molecule has 2 heterocycles. The second kappa shape index (κ2) is 4.14. The van der Waals surface area contributed by atoms with Crippen LogP contribution in [-0.2, 0) is 4.79 Å². The van der Waals surface area contributed by atoms with Crippen LogP contribution in [0.15, 0.2) is 24.4 Å². The first-order valence-corrected chi connectivity index (χ1v) is 4.95. The van der Waals surface area contributed by atoms with Gasteiger partial charge in [-0.3, -0.25) is 5.10 Å². The van der Waals surface area contributed by atoms with Crippen LogP contribution in [0.3, 0.4) is 0 Å². The molecule has 0 aliphatic rings. The molecule has 0 spiro atoms. The van der Waals surface area contributed by atoms with E-state index in [-0.39, 0.29) is 0 Å². The molecule has 0 saturated carbocycles. The van der Waals surface area contributed by atoms with E-state index in [1.54, 1.807) is 12.3 Å². The summed E-state index contributed by atoms with van der Waals surface area (Å²) in [5, 5.41) is 16.5. The van der Waals surface area contributed by atoms with E-state index in [0.29, 0.717) is 23.3 Å². The van der Waals surface area contributed by atoms with Gasteiger partial charge in [0, 0.05) is 17.7 Å². The topological polar surface area (TPSA) is 78.9 Å². The van der Waals surface area contributed by atoms with Crippen LogP contribution in [0.2, 0.25) is 0 Å². The van der Waals surface area contributed by atoms with Gasteiger partial charge in [-0.05, 0) is 24.1 Å². The third kappa shape index (κ3) is 1.79. The lowest BCUT2D eigenvalue weighted by Gasteiger charge is -1.99. The zero-order valence-electron chi connectivity index (χ0n) is 8.77. The maximum absolute atomic E-state index is 10.7. The SMILES string of the molecule is CC/C(=C\C(=O)O)c1n[nH]c2ncccc12. The van der Waals surface area contributed by atoms with Gasteiger partial charge in [-0.1, -0.05) is 6.92 Å². The summed E-state index contributed by atoms with van der Waals surface area (Å²) in [6.07, 6.45) is 3.46. The lowest BCUT2D eigenvalue weighted by molar-refractivity contribution is -0.131. The second-order valence-corrected chi connectivity index (χ2v) is 3.33. The van der Waals surface area contributed by atoms with Gasteiger partial charge in [0.25, 0.3) is 0 Å². The third-order valence-electron chi connectivity index (χ3n) is 2.32. The maximum atomic E-state index is 10.7. The minimum atomic E-state index is -0.961. The van der Waals surface area contributed by atoms with Gasteiger partial charge >= 0.3 is 5.97 Å². The molecule has 0 amide bonds. The van der Waals surface area contributed by atoms with Gasteiger partial charge in [0.05, 0.1) is 5.69 Å². The van der Waals surface area contributed by atoms with Crippen LogP contribution >= 0.6 is 0 Å². The van der Waals surface area contributed by atoms with Crippen molar-refractivity contribution < 1.29 is 9.90 Å². The molecule has 0 atom stereocenters. The number of carboxylic acids is 1. The Morgan fingerprint density at radius 1 is 1.62 bits per heavy atom. The van der Waals surface area contributed by atoms with Gasteiger partial charge in [0.2, 0.25) is 0 Å². The lowest BCUT2D eigenvalue weighted by Crippen LogP contribution is -1.92. The number of allylic oxidation sites excluding steroid dienone is 1. The first-order chi connectivity index (χ1) is 7.72. The Kier molecular flexibility index (Phi) is 2.68. The molecule has 2 rings (SSSR count). The van der Waals surface area contributed by atoms with Crippen LogP contribution in [0.5, 0.6) is 0 Å². The van der Waals surface area contributed by atoms with E-state index >= 15 is 0 Å². The first-order valence-electron chi connectivity index (χ1n) is 4.95. The fraction of sp³-hybridized carbons (Fsp3) is 0.182. The molecule has 5 nitrogen and oxygen atoms in total. The quantitative estimate of drug-likeness (QED) is 0.769. The highest BCUT2D eigenvalue weighted by Crippen LogP contribution is 2.23. The average Bonchev–Trinajstić information content (AvgIpc) is 2.69. The molecule has 16 heavy (non-hydrogen) atoms. The standard InChI is InChI=1S/C11H11N3O2/c1-2-7(6-9(15)16)10-8-4-3-5-12-11(8)14-13-10/h3-6H,2H2,1H3,(H,15,16)(H,12,13,14)/b7-6+. The molecular weight excluding hydrogens is 206 g/mol. The van der Waals surface area contributed by atoms with Crippen LogP contribution in [0.25, 0.3) is 16.6 Å². The molecule has 0 aromatic carbocycles. The summed E-state index contributed by atoms with van der Waals surface area (Å²) in [6, 6.07) is 3.67. The van der Waals surface area contributed by atoms with Crippen molar-refractivity contribution in [1.82, 2.24) is 15.2 Å². The molecule has 2 aromatic heterocycles. The summed E-state index contributed by atoms with van der Waals surface area (Å²) in [5.41, 5.74) is 2.02. The van der Waals surface area contributed by atoms with Gasteiger partial charge in [0.15, 0.2) is 5.65 Å². The van der Waals surface area contributed by atoms with E-state index in [1.807, 2.05) is 13.0 Å². The third-order valence-corrected chi connectivity index (χ3v) is 2.32. The average molecular weight is 217 g/mol. The number of aromatic amines is 1. The Morgan fingerprint density at radius 3 is 3.12 bits per heavy atom. The van der Waals surface area contributed by atoms with Crippen molar-refractivity contribution in [2.45, 2.75) is 13.3 Å². The van der Waals surface area contributed by atoms with E-state index in [2.05, 4.69) is 15.2 Å². The molecule has 5 heteroatoms. The van der Waals surface area contributed by atoms with Crippen LogP contribution in [0, 0.1) is 0 Å². The number of nitrogens with zero attached hydrogens (tertiary/aromatic N) is 2. The van der Waals surface area contributed by atoms with Crippen molar-refractivity contribution >= 4 is 22.6 Å². The minimum absolute atomic E-state index is 0.612. The molecule has 2 aromatic rings. The predicted molar refractivity (Wildman–Crippen MR) is 59.8 cm³/mol. The highest BCUT2D eigenvalue weighted by Gasteiger charge is 2.10. The summed E-state index contributed by atoms with van der Waals surface area (Å²) in [7, 11) is 0. The molecule has 0 bridgehead atoms. The number of aromatic nitrogens is 3. The number of nitrogens with one attached hydrogen (secondary N) is 1. The van der Waals surface area contributed by atoms with Gasteiger partial charge in [0.1, 0.15) is 0 Å². The second-order valence-electron chi connectivity index (χ2n) is 3.33. The van der Waals surface area contributed by atoms with Crippen molar-refractivity contribution in [1.29, 1.82) is 0 Å². The van der Waals surface area contributed by atoms with Crippen molar-refractivity contribution in [2.75, 3.05) is 0 Å². The van der Waals surface area contributed by atoms with Crippen molar-refractivity contribution in [3.63, 3.8) is 0 Å². The summed E-state index contributed by atoms with van der Waals surface area (Å²) in [4.78, 5) is 14.8. The first kappa shape index (κ1) is 10.4. The zero-order valence-corrected chi connectivity index (χ0v) is 8.77. The molecule has 0 saturated heterocycles. The molecule has 82 valence electrons. The summed E-state index contributed by atoms with van der Waals surface area (Å²) >= 11 is 0. The molecular formula is C11H11N3O2. The number of fused-ring (bicyclic) bond motifs is 1. The molecule has 0 fully saturated rings. The number of carboxylic acid groups (broad SMARTS) is 1. The summed E-state index contributed by atoms with van der Waals surface area (Å²) in [6.45, 7) is 1.89. The van der Waals surface area contributed by atoms with Gasteiger partial charge in [-0.2, -0.15) is 5.10 Å². The molecule has 0 aliphatic heterocycles. The van der Waals surface area contributed by atoms with E-state index in [9.17, 15) is 4.79 Å². The number of pyridine rings is 1. The molecule has 0 radical (unpaired) electrons. The van der Waals surface area contributed by atoms with E-state index < -0.39 is 5.97 Å². The van der Waals surface area contributed by atoms with Gasteiger partial charge < -0.3 is 5.11 Å². The van der Waals surface area contributed by atoms with Crippen molar-refractivity contribution in [3.8, 4) is 0 Å². The Labute approximate surface area is 91.8 Å². The highest BCUT2D eigenvalue weighted by atomic mass is 16.4. The predicted octanol–water partition coefficient (Wildman–Crippen LogP) is 1.84. The van der Waals surface area contributed by atoms with Crippen LogP contribution in [-0.4, -0.2) is 26.3 Å². The van der Waals surface area contributed by atoms with Crippen molar-refractivity contribution in [2.24, 2.45) is 0 Å². The lowest BCUT2D eigenvalue weighted by atomic mass is 10.1. The Balaban J connectivity index is 2.58. The smallest absolute Gasteiger partial charge is 0.328 e. The summed E-state index contributed by atoms with van der Waals surface area (Å²) < 4.78 is 0. The van der Waals surface area contributed by atoms with Crippen LogP contribution in [0.1, 0.15) is 19.0 Å². The number of H-pyrrole nitrogens is 1. The van der Waals surface area contributed by atoms with E-state index in [1.165, 1.54) is 6.08 Å². The highest BCUT2D eigenvalue weighted by molar-refractivity contribution is 5.95. The van der Waals surface area contributed by atoms with E-state index in [0.717, 1.165) is 5.39 Å². The number of hydrogen-bond donors (Lipinski definition) is 2. The normalized spacial score (nSPS) is 11.9. The van der Waals surface area contributed by atoms with Crippen LogP contribution < -0.4 is 0 Å². The van der Waals surface area contributed by atoms with E-state index in [4.69, 9.17) is 5.11 Å². The minimum Gasteiger partial charge on any atom is -0.478 e. The fourth-order valence-corrected chi connectivity index (χ4v) is 1.59. The number of rotatable bonds is 3. The van der Waals surface area contributed by atoms with Gasteiger partial charge in [-0.15, -0.1) is 0 Å². The monoisotopic (exact) mass is 217 g/mol. The van der Waals surface area contributed by atoms with Crippen LogP contribution in [0.4, 0.5) is 0 Å².